The number of aromatic nitrogens is 4. The molecule has 5 heteroatoms. The van der Waals surface area contributed by atoms with Crippen molar-refractivity contribution in [3.8, 4) is 0 Å². The maximum Gasteiger partial charge on any atom is 0.179 e. The highest BCUT2D eigenvalue weighted by molar-refractivity contribution is 7.71. The van der Waals surface area contributed by atoms with Crippen molar-refractivity contribution in [2.45, 2.75) is 52.1 Å². The number of imidazole rings is 1. The first kappa shape index (κ1) is 11.0. The van der Waals surface area contributed by atoms with Gasteiger partial charge in [-0.2, -0.15) is 5.10 Å². The minimum atomic E-state index is 0.567. The van der Waals surface area contributed by atoms with E-state index in [0.29, 0.717) is 6.04 Å². The molecule has 2 aromatic rings. The Hall–Kier alpha value is -1.10. The van der Waals surface area contributed by atoms with Crippen molar-refractivity contribution in [2.75, 3.05) is 0 Å². The summed E-state index contributed by atoms with van der Waals surface area (Å²) in [6.45, 7) is 5.06. The van der Waals surface area contributed by atoms with Gasteiger partial charge in [0, 0.05) is 12.6 Å². The van der Waals surface area contributed by atoms with Crippen LogP contribution in [0, 0.1) is 11.7 Å². The second kappa shape index (κ2) is 3.98. The smallest absolute Gasteiger partial charge is 0.179 e. The summed E-state index contributed by atoms with van der Waals surface area (Å²) in [5, 5.41) is 4.56. The van der Waals surface area contributed by atoms with Gasteiger partial charge in [0.25, 0.3) is 0 Å². The maximum absolute atomic E-state index is 5.48. The number of nitrogens with one attached hydrogen (secondary N) is 1. The Morgan fingerprint density at radius 3 is 2.76 bits per heavy atom. The fourth-order valence-corrected chi connectivity index (χ4v) is 3.28. The Morgan fingerprint density at radius 2 is 2.12 bits per heavy atom. The van der Waals surface area contributed by atoms with Crippen molar-refractivity contribution in [1.82, 2.24) is 19.3 Å². The van der Waals surface area contributed by atoms with Gasteiger partial charge in [0.2, 0.25) is 0 Å². The second-order valence-corrected chi connectivity index (χ2v) is 5.22. The summed E-state index contributed by atoms with van der Waals surface area (Å²) in [6.07, 6.45) is 5.13. The third kappa shape index (κ3) is 1.56. The summed E-state index contributed by atoms with van der Waals surface area (Å²) in [6, 6.07) is 0.567. The molecule has 4 nitrogen and oxygen atoms in total. The molecule has 0 atom stereocenters. The molecule has 0 radical (unpaired) electrons. The van der Waals surface area contributed by atoms with Crippen LogP contribution in [0.2, 0.25) is 0 Å². The first-order valence-corrected chi connectivity index (χ1v) is 6.80. The Balaban J connectivity index is 2.28. The average Bonchev–Trinajstić information content (AvgIpc) is 2.97. The largest absolute Gasteiger partial charge is 0.328 e. The summed E-state index contributed by atoms with van der Waals surface area (Å²) in [5.41, 5.74) is 3.34. The molecule has 0 spiro atoms. The molecule has 1 N–H and O–H groups in total. The van der Waals surface area contributed by atoms with Crippen molar-refractivity contribution < 1.29 is 0 Å². The van der Waals surface area contributed by atoms with Crippen LogP contribution < -0.4 is 0 Å². The van der Waals surface area contributed by atoms with Crippen molar-refractivity contribution in [1.29, 1.82) is 0 Å². The summed E-state index contributed by atoms with van der Waals surface area (Å²) < 4.78 is 5.21. The van der Waals surface area contributed by atoms with E-state index >= 15 is 0 Å². The lowest BCUT2D eigenvalue weighted by atomic mass is 10.2. The predicted octanol–water partition coefficient (Wildman–Crippen LogP) is 3.34. The van der Waals surface area contributed by atoms with E-state index in [9.17, 15) is 0 Å². The van der Waals surface area contributed by atoms with Crippen LogP contribution >= 0.6 is 12.2 Å². The van der Waals surface area contributed by atoms with E-state index in [1.165, 1.54) is 31.3 Å². The van der Waals surface area contributed by atoms with Crippen molar-refractivity contribution in [2.24, 2.45) is 0 Å². The molecule has 0 bridgehead atoms. The number of rotatable bonds is 2. The van der Waals surface area contributed by atoms with Gasteiger partial charge >= 0.3 is 0 Å². The Kier molecular flexibility index (Phi) is 2.58. The molecule has 1 aliphatic carbocycles. The van der Waals surface area contributed by atoms with Crippen LogP contribution in [0.5, 0.6) is 0 Å². The molecule has 0 unspecified atom stereocenters. The number of aryl methyl sites for hydroxylation is 2. The number of aromatic amines is 1. The summed E-state index contributed by atoms with van der Waals surface area (Å²) >= 11 is 5.48. The van der Waals surface area contributed by atoms with E-state index < -0.39 is 0 Å². The van der Waals surface area contributed by atoms with E-state index in [2.05, 4.69) is 26.3 Å². The standard InChI is InChI=1S/C12H18N4S/c1-3-15-11-10(8(2)14-15)13-12(17)16(11)9-6-4-5-7-9/h9H,3-7H2,1-2H3,(H,13,17). The number of fused-ring (bicyclic) bond motifs is 1. The Bertz CT molecular complexity index is 598. The van der Waals surface area contributed by atoms with Gasteiger partial charge in [-0.25, -0.2) is 4.68 Å². The molecule has 1 saturated carbocycles. The second-order valence-electron chi connectivity index (χ2n) is 4.84. The number of H-pyrrole nitrogens is 1. The summed E-state index contributed by atoms with van der Waals surface area (Å²) in [5.74, 6) is 0. The van der Waals surface area contributed by atoms with Crippen LogP contribution in [0.25, 0.3) is 11.2 Å². The van der Waals surface area contributed by atoms with Gasteiger partial charge in [-0.3, -0.25) is 4.57 Å². The molecule has 0 saturated heterocycles. The van der Waals surface area contributed by atoms with Gasteiger partial charge in [-0.05, 0) is 38.9 Å². The first-order valence-electron chi connectivity index (χ1n) is 6.40. The maximum atomic E-state index is 5.48. The molecule has 2 heterocycles. The Morgan fingerprint density at radius 1 is 1.41 bits per heavy atom. The minimum Gasteiger partial charge on any atom is -0.328 e. The van der Waals surface area contributed by atoms with E-state index in [-0.39, 0.29) is 0 Å². The third-order valence-corrected chi connectivity index (χ3v) is 4.07. The van der Waals surface area contributed by atoms with E-state index in [1.54, 1.807) is 0 Å². The van der Waals surface area contributed by atoms with Gasteiger partial charge in [-0.15, -0.1) is 0 Å². The van der Waals surface area contributed by atoms with Gasteiger partial charge in [-0.1, -0.05) is 12.8 Å². The number of hydrogen-bond donors (Lipinski definition) is 1. The minimum absolute atomic E-state index is 0.567. The zero-order chi connectivity index (χ0) is 12.0. The van der Waals surface area contributed by atoms with Crippen molar-refractivity contribution in [3.05, 3.63) is 10.5 Å². The molecule has 0 amide bonds. The van der Waals surface area contributed by atoms with E-state index in [0.717, 1.165) is 22.5 Å². The topological polar surface area (TPSA) is 38.5 Å². The quantitative estimate of drug-likeness (QED) is 0.830. The van der Waals surface area contributed by atoms with E-state index in [1.807, 2.05) is 6.92 Å². The Labute approximate surface area is 106 Å². The molecule has 92 valence electrons. The molecule has 17 heavy (non-hydrogen) atoms. The first-order chi connectivity index (χ1) is 8.22. The number of hydrogen-bond acceptors (Lipinski definition) is 2. The number of nitrogens with zero attached hydrogens (tertiary/aromatic N) is 3. The molecule has 1 fully saturated rings. The molecular weight excluding hydrogens is 232 g/mol. The molecule has 2 aromatic heterocycles. The predicted molar refractivity (Wildman–Crippen MR) is 70.8 cm³/mol. The van der Waals surface area contributed by atoms with Crippen LogP contribution in [0.1, 0.15) is 44.3 Å². The van der Waals surface area contributed by atoms with Gasteiger partial charge in [0.1, 0.15) is 5.52 Å². The van der Waals surface area contributed by atoms with Crippen molar-refractivity contribution in [3.63, 3.8) is 0 Å². The molecule has 3 rings (SSSR count). The van der Waals surface area contributed by atoms with Gasteiger partial charge in [0.05, 0.1) is 5.69 Å². The fourth-order valence-electron chi connectivity index (χ4n) is 2.95. The lowest BCUT2D eigenvalue weighted by Gasteiger charge is -2.13. The van der Waals surface area contributed by atoms with Crippen molar-refractivity contribution >= 4 is 23.4 Å². The molecule has 1 aliphatic rings. The highest BCUT2D eigenvalue weighted by atomic mass is 32.1. The third-order valence-electron chi connectivity index (χ3n) is 3.77. The molecular formula is C12H18N4S. The van der Waals surface area contributed by atoms with Gasteiger partial charge in [0.15, 0.2) is 10.4 Å². The highest BCUT2D eigenvalue weighted by Crippen LogP contribution is 2.33. The molecule has 0 aliphatic heterocycles. The monoisotopic (exact) mass is 250 g/mol. The van der Waals surface area contributed by atoms with Crippen LogP contribution in [0.3, 0.4) is 0 Å². The van der Waals surface area contributed by atoms with Crippen LogP contribution in [0.15, 0.2) is 0 Å². The average molecular weight is 250 g/mol. The zero-order valence-corrected chi connectivity index (χ0v) is 11.2. The SMILES string of the molecule is CCn1nc(C)c2[nH]c(=S)n(C3CCCC3)c21. The lowest BCUT2D eigenvalue weighted by molar-refractivity contribution is 0.508. The molecule has 0 aromatic carbocycles. The van der Waals surface area contributed by atoms with E-state index in [4.69, 9.17) is 12.2 Å². The highest BCUT2D eigenvalue weighted by Gasteiger charge is 2.23. The van der Waals surface area contributed by atoms with Crippen LogP contribution in [0.4, 0.5) is 0 Å². The lowest BCUT2D eigenvalue weighted by Crippen LogP contribution is -2.09. The van der Waals surface area contributed by atoms with Crippen LogP contribution in [-0.4, -0.2) is 19.3 Å². The summed E-state index contributed by atoms with van der Waals surface area (Å²) in [7, 11) is 0. The van der Waals surface area contributed by atoms with Crippen LogP contribution in [-0.2, 0) is 6.54 Å². The zero-order valence-electron chi connectivity index (χ0n) is 10.4. The van der Waals surface area contributed by atoms with Gasteiger partial charge < -0.3 is 4.98 Å². The normalized spacial score (nSPS) is 17.3. The fraction of sp³-hybridized carbons (Fsp3) is 0.667. The summed E-state index contributed by atoms with van der Waals surface area (Å²) in [4.78, 5) is 3.32.